The minimum Gasteiger partial charge on any atom is -0.338 e. The smallest absolute Gasteiger partial charge is 0.231 e. The molecule has 1 aliphatic rings. The zero-order valence-corrected chi connectivity index (χ0v) is 14.9. The van der Waals surface area contributed by atoms with E-state index in [9.17, 15) is 9.59 Å². The summed E-state index contributed by atoms with van der Waals surface area (Å²) in [6.45, 7) is 3.92. The highest BCUT2D eigenvalue weighted by Gasteiger charge is 2.39. The van der Waals surface area contributed by atoms with Gasteiger partial charge in [-0.25, -0.2) is 4.98 Å². The number of likely N-dealkylation sites (tertiary alicyclic amines) is 1. The molecule has 2 aromatic rings. The van der Waals surface area contributed by atoms with E-state index >= 15 is 0 Å². The molecule has 3 rings (SSSR count). The third-order valence-corrected chi connectivity index (χ3v) is 5.34. The number of aromatic nitrogens is 1. The highest BCUT2D eigenvalue weighted by molar-refractivity contribution is 7.13. The summed E-state index contributed by atoms with van der Waals surface area (Å²) in [6.07, 6.45) is 0.950. The Kier molecular flexibility index (Phi) is 4.66. The number of nitrogens with one attached hydrogen (secondary N) is 1. The summed E-state index contributed by atoms with van der Waals surface area (Å²) in [5.41, 5.74) is 3.04. The molecule has 5 nitrogen and oxygen atoms in total. The van der Waals surface area contributed by atoms with Crippen LogP contribution >= 0.6 is 11.3 Å². The van der Waals surface area contributed by atoms with Gasteiger partial charge < -0.3 is 10.2 Å². The van der Waals surface area contributed by atoms with Gasteiger partial charge in [0.15, 0.2) is 5.13 Å². The molecule has 0 aliphatic carbocycles. The molecule has 2 heterocycles. The Morgan fingerprint density at radius 1 is 1.29 bits per heavy atom. The molecule has 2 atom stereocenters. The molecule has 0 spiro atoms. The molecule has 1 fully saturated rings. The van der Waals surface area contributed by atoms with E-state index in [1.165, 1.54) is 11.3 Å². The number of carbonyl (C=O) groups is 2. The fourth-order valence-electron chi connectivity index (χ4n) is 3.14. The molecule has 2 amide bonds. The van der Waals surface area contributed by atoms with E-state index < -0.39 is 0 Å². The van der Waals surface area contributed by atoms with Crippen LogP contribution in [0, 0.1) is 19.8 Å². The van der Waals surface area contributed by atoms with E-state index in [1.807, 2.05) is 43.5 Å². The van der Waals surface area contributed by atoms with Crippen LogP contribution in [0.3, 0.4) is 0 Å². The van der Waals surface area contributed by atoms with Gasteiger partial charge in [-0.2, -0.15) is 0 Å². The van der Waals surface area contributed by atoms with Crippen molar-refractivity contribution in [2.24, 2.45) is 5.92 Å². The lowest BCUT2D eigenvalue weighted by Crippen LogP contribution is -2.44. The Morgan fingerprint density at radius 3 is 2.62 bits per heavy atom. The Morgan fingerprint density at radius 2 is 2.00 bits per heavy atom. The van der Waals surface area contributed by atoms with Crippen molar-refractivity contribution in [2.75, 3.05) is 12.4 Å². The molecule has 1 aromatic carbocycles. The first-order valence-corrected chi connectivity index (χ1v) is 8.89. The summed E-state index contributed by atoms with van der Waals surface area (Å²) < 4.78 is 0. The normalized spacial score (nSPS) is 21.0. The van der Waals surface area contributed by atoms with E-state index in [1.54, 1.807) is 11.9 Å². The third-order valence-electron chi connectivity index (χ3n) is 4.47. The number of nitrogens with zero attached hydrogens (tertiary/aromatic N) is 2. The van der Waals surface area contributed by atoms with Gasteiger partial charge in [-0.3, -0.25) is 9.59 Å². The van der Waals surface area contributed by atoms with Gasteiger partial charge in [0.1, 0.15) is 0 Å². The van der Waals surface area contributed by atoms with Crippen LogP contribution in [0.1, 0.15) is 35.7 Å². The van der Waals surface area contributed by atoms with Gasteiger partial charge in [0.25, 0.3) is 0 Å². The third kappa shape index (κ3) is 3.33. The minimum atomic E-state index is -0.278. The van der Waals surface area contributed by atoms with Crippen molar-refractivity contribution in [3.05, 3.63) is 46.5 Å². The summed E-state index contributed by atoms with van der Waals surface area (Å²) >= 11 is 1.42. The Labute approximate surface area is 145 Å². The molecule has 24 heavy (non-hydrogen) atoms. The van der Waals surface area contributed by atoms with Crippen LogP contribution in [0.4, 0.5) is 5.13 Å². The van der Waals surface area contributed by atoms with Gasteiger partial charge in [-0.15, -0.1) is 11.3 Å². The number of amides is 2. The number of rotatable bonds is 3. The maximum atomic E-state index is 12.8. The van der Waals surface area contributed by atoms with Crippen LogP contribution in [-0.4, -0.2) is 28.7 Å². The average Bonchev–Trinajstić information content (AvgIpc) is 2.96. The first kappa shape index (κ1) is 16.6. The predicted molar refractivity (Wildman–Crippen MR) is 94.9 cm³/mol. The molecule has 6 heteroatoms. The molecule has 1 N–H and O–H groups in total. The minimum absolute atomic E-state index is 0.0747. The second kappa shape index (κ2) is 6.73. The van der Waals surface area contributed by atoms with Crippen LogP contribution < -0.4 is 5.32 Å². The number of thiazole rings is 1. The maximum Gasteiger partial charge on any atom is 0.231 e. The predicted octanol–water partition coefficient (Wildman–Crippen LogP) is 3.31. The largest absolute Gasteiger partial charge is 0.338 e. The van der Waals surface area contributed by atoms with E-state index in [-0.39, 0.29) is 23.8 Å². The summed E-state index contributed by atoms with van der Waals surface area (Å²) in [6, 6.07) is 7.79. The Hall–Kier alpha value is -2.21. The lowest BCUT2D eigenvalue weighted by Gasteiger charge is -2.38. The second-order valence-electron chi connectivity index (χ2n) is 6.29. The molecule has 0 radical (unpaired) electrons. The van der Waals surface area contributed by atoms with Gasteiger partial charge >= 0.3 is 0 Å². The summed E-state index contributed by atoms with van der Waals surface area (Å²) in [5, 5.41) is 5.43. The molecule has 1 aromatic heterocycles. The monoisotopic (exact) mass is 343 g/mol. The maximum absolute atomic E-state index is 12.8. The van der Waals surface area contributed by atoms with E-state index in [2.05, 4.69) is 10.3 Å². The van der Waals surface area contributed by atoms with Crippen LogP contribution in [0.2, 0.25) is 0 Å². The number of carbonyl (C=O) groups excluding carboxylic acids is 2. The number of anilines is 1. The average molecular weight is 343 g/mol. The number of benzene rings is 1. The van der Waals surface area contributed by atoms with E-state index in [0.717, 1.165) is 16.8 Å². The molecule has 1 saturated heterocycles. The number of aryl methyl sites for hydroxylation is 2. The zero-order valence-electron chi connectivity index (χ0n) is 14.1. The van der Waals surface area contributed by atoms with Gasteiger partial charge in [0.05, 0.1) is 17.7 Å². The molecule has 1 aliphatic heterocycles. The molecular formula is C18H21N3O2S. The van der Waals surface area contributed by atoms with Crippen molar-refractivity contribution in [2.45, 2.75) is 32.7 Å². The lowest BCUT2D eigenvalue weighted by molar-refractivity contribution is -0.140. The van der Waals surface area contributed by atoms with Crippen LogP contribution in [0.15, 0.2) is 29.6 Å². The van der Waals surface area contributed by atoms with Crippen molar-refractivity contribution >= 4 is 28.3 Å². The molecule has 126 valence electrons. The van der Waals surface area contributed by atoms with E-state index in [0.29, 0.717) is 18.0 Å². The first-order chi connectivity index (χ1) is 11.5. The zero-order chi connectivity index (χ0) is 17.3. The van der Waals surface area contributed by atoms with Gasteiger partial charge in [-0.1, -0.05) is 29.8 Å². The molecular weight excluding hydrogens is 322 g/mol. The Bertz CT molecular complexity index is 754. The fraction of sp³-hybridized carbons (Fsp3) is 0.389. The summed E-state index contributed by atoms with van der Waals surface area (Å²) in [4.78, 5) is 31.0. The SMILES string of the molecule is Cc1ccc([C@@H]2[C@@H](C(=O)Nc3nc(C)cs3)CCC(=O)N2C)cc1. The van der Waals surface area contributed by atoms with Crippen LogP contribution in [0.5, 0.6) is 0 Å². The number of hydrogen-bond acceptors (Lipinski definition) is 4. The lowest BCUT2D eigenvalue weighted by atomic mass is 9.84. The number of piperidine rings is 1. The highest BCUT2D eigenvalue weighted by Crippen LogP contribution is 2.36. The quantitative estimate of drug-likeness (QED) is 0.930. The highest BCUT2D eigenvalue weighted by atomic mass is 32.1. The summed E-state index contributed by atoms with van der Waals surface area (Å²) in [5.74, 6) is -0.274. The van der Waals surface area contributed by atoms with Gasteiger partial charge in [0, 0.05) is 18.8 Å². The Balaban J connectivity index is 1.86. The molecule has 0 saturated carbocycles. The summed E-state index contributed by atoms with van der Waals surface area (Å²) in [7, 11) is 1.78. The van der Waals surface area contributed by atoms with Gasteiger partial charge in [-0.05, 0) is 25.8 Å². The van der Waals surface area contributed by atoms with E-state index in [4.69, 9.17) is 0 Å². The van der Waals surface area contributed by atoms with Crippen LogP contribution in [0.25, 0.3) is 0 Å². The molecule has 0 unspecified atom stereocenters. The standard InChI is InChI=1S/C18H21N3O2S/c1-11-4-6-13(7-5-11)16-14(8-9-15(22)21(16)3)17(23)20-18-19-12(2)10-24-18/h4-7,10,14,16H,8-9H2,1-3H3,(H,19,20,23)/t14-,16+/m0/s1. The van der Waals surface area contributed by atoms with Crippen molar-refractivity contribution in [3.63, 3.8) is 0 Å². The van der Waals surface area contributed by atoms with Crippen molar-refractivity contribution in [1.29, 1.82) is 0 Å². The van der Waals surface area contributed by atoms with Crippen molar-refractivity contribution < 1.29 is 9.59 Å². The van der Waals surface area contributed by atoms with Crippen molar-refractivity contribution in [3.8, 4) is 0 Å². The first-order valence-electron chi connectivity index (χ1n) is 8.01. The molecule has 0 bridgehead atoms. The second-order valence-corrected chi connectivity index (χ2v) is 7.15. The topological polar surface area (TPSA) is 62.3 Å². The number of hydrogen-bond donors (Lipinski definition) is 1. The van der Waals surface area contributed by atoms with Gasteiger partial charge in [0.2, 0.25) is 11.8 Å². The van der Waals surface area contributed by atoms with Crippen molar-refractivity contribution in [1.82, 2.24) is 9.88 Å². The fourth-order valence-corrected chi connectivity index (χ4v) is 3.83. The van der Waals surface area contributed by atoms with Crippen LogP contribution in [-0.2, 0) is 9.59 Å².